The van der Waals surface area contributed by atoms with Crippen molar-refractivity contribution >= 4 is 0 Å². The molecule has 11 rings (SSSR count). The third-order valence-corrected chi connectivity index (χ3v) is 16.8. The summed E-state index contributed by atoms with van der Waals surface area (Å²) < 4.78 is 104. The topological polar surface area (TPSA) is 179 Å². The summed E-state index contributed by atoms with van der Waals surface area (Å²) in [5.41, 5.74) is 7.05. The molecule has 0 radical (unpaired) electrons. The molecule has 0 spiro atoms. The molecule has 0 saturated carbocycles. The molecule has 17 nitrogen and oxygen atoms in total. The molecule has 3 saturated heterocycles. The van der Waals surface area contributed by atoms with Crippen molar-refractivity contribution in [2.45, 2.75) is 145 Å². The average Bonchev–Trinajstić information content (AvgIpc) is 0.791. The second-order valence-electron chi connectivity index (χ2n) is 23.6. The Bertz CT molecular complexity index is 3400. The van der Waals surface area contributed by atoms with Gasteiger partial charge < -0.3 is 81.3 Å². The van der Waals surface area contributed by atoms with Crippen LogP contribution in [-0.4, -0.2) is 136 Å². The summed E-state index contributed by atoms with van der Waals surface area (Å²) in [6.45, 7) is 4.52. The summed E-state index contributed by atoms with van der Waals surface area (Å²) in [7, 11) is 1.61. The first-order valence-electron chi connectivity index (χ1n) is 32.4. The Kier molecular flexibility index (Phi) is 26.7. The normalized spacial score (nSPS) is 26.0. The van der Waals surface area contributed by atoms with Crippen LogP contribution in [0.25, 0.3) is 0 Å². The minimum atomic E-state index is -1.37. The Hall–Kier alpha value is -7.34. The minimum absolute atomic E-state index is 0.0119. The van der Waals surface area contributed by atoms with E-state index in [4.69, 9.17) is 71.1 Å². The van der Waals surface area contributed by atoms with Gasteiger partial charge in [0.25, 0.3) is 0 Å². The summed E-state index contributed by atoms with van der Waals surface area (Å²) in [5, 5.41) is 23.3. The van der Waals surface area contributed by atoms with Crippen LogP contribution in [0.1, 0.15) is 44.5 Å². The highest BCUT2D eigenvalue weighted by atomic mass is 16.8. The largest absolute Gasteiger partial charge is 0.497 e. The van der Waals surface area contributed by atoms with Crippen LogP contribution in [0.3, 0.4) is 0 Å². The van der Waals surface area contributed by atoms with E-state index in [0.29, 0.717) is 5.75 Å². The molecule has 500 valence electrons. The molecule has 8 aromatic carbocycles. The Morgan fingerprint density at radius 2 is 0.632 bits per heavy atom. The number of methoxy groups -OCH3 is 1. The highest BCUT2D eigenvalue weighted by Gasteiger charge is 2.57. The lowest BCUT2D eigenvalue weighted by Gasteiger charge is -2.51. The first kappa shape index (κ1) is 69.0. The lowest BCUT2D eigenvalue weighted by Crippen LogP contribution is -2.68. The van der Waals surface area contributed by atoms with Gasteiger partial charge in [0.05, 0.1) is 86.4 Å². The molecule has 15 atom stereocenters. The van der Waals surface area contributed by atoms with Crippen molar-refractivity contribution in [2.24, 2.45) is 0 Å². The van der Waals surface area contributed by atoms with Crippen molar-refractivity contribution in [3.05, 3.63) is 294 Å². The molecule has 0 bridgehead atoms. The van der Waals surface area contributed by atoms with Gasteiger partial charge in [-0.15, -0.1) is 6.58 Å². The van der Waals surface area contributed by atoms with Crippen LogP contribution < -0.4 is 4.74 Å². The first-order chi connectivity index (χ1) is 46.9. The average molecular weight is 1300 g/mol. The predicted molar refractivity (Wildman–Crippen MR) is 354 cm³/mol. The minimum Gasteiger partial charge on any atom is -0.497 e. The van der Waals surface area contributed by atoms with Crippen molar-refractivity contribution in [1.82, 2.24) is 0 Å². The molecule has 3 aliphatic rings. The monoisotopic (exact) mass is 1290 g/mol. The van der Waals surface area contributed by atoms with Gasteiger partial charge in [-0.25, -0.2) is 0 Å². The third kappa shape index (κ3) is 19.9. The van der Waals surface area contributed by atoms with Gasteiger partial charge in [0, 0.05) is 0 Å². The summed E-state index contributed by atoms with van der Waals surface area (Å²) in [5.74, 6) is 0.669. The number of aliphatic hydroxyl groups excluding tert-OH is 2. The van der Waals surface area contributed by atoms with Crippen LogP contribution in [0.2, 0.25) is 0 Å². The van der Waals surface area contributed by atoms with Crippen LogP contribution in [-0.2, 0) is 119 Å². The molecule has 2 N–H and O–H groups in total. The highest BCUT2D eigenvalue weighted by molar-refractivity contribution is 5.27. The maximum Gasteiger partial charge on any atom is 0.187 e. The molecular formula is C78H86O17. The van der Waals surface area contributed by atoms with E-state index in [1.165, 1.54) is 0 Å². The molecule has 3 heterocycles. The van der Waals surface area contributed by atoms with Gasteiger partial charge in [0.2, 0.25) is 0 Å². The fourth-order valence-corrected chi connectivity index (χ4v) is 11.8. The smallest absolute Gasteiger partial charge is 0.187 e. The van der Waals surface area contributed by atoms with Crippen molar-refractivity contribution < 1.29 is 81.3 Å². The molecule has 8 aromatic rings. The zero-order valence-corrected chi connectivity index (χ0v) is 53.5. The number of ether oxygens (including phenoxy) is 15. The lowest BCUT2D eigenvalue weighted by molar-refractivity contribution is -0.393. The van der Waals surface area contributed by atoms with Gasteiger partial charge in [-0.3, -0.25) is 0 Å². The summed E-state index contributed by atoms with van der Waals surface area (Å²) >= 11 is 0. The van der Waals surface area contributed by atoms with Gasteiger partial charge in [0.1, 0.15) is 79.0 Å². The van der Waals surface area contributed by atoms with Crippen LogP contribution in [0.5, 0.6) is 5.75 Å². The van der Waals surface area contributed by atoms with E-state index in [2.05, 4.69) is 6.58 Å². The number of hydrogen-bond donors (Lipinski definition) is 2. The van der Waals surface area contributed by atoms with Crippen LogP contribution in [0.15, 0.2) is 249 Å². The van der Waals surface area contributed by atoms with Gasteiger partial charge in [-0.05, 0) is 56.6 Å². The second-order valence-corrected chi connectivity index (χ2v) is 23.6. The van der Waals surface area contributed by atoms with E-state index in [9.17, 15) is 10.2 Å². The fraction of sp³-hybridized carbons (Fsp3) is 0.359. The van der Waals surface area contributed by atoms with Crippen molar-refractivity contribution in [1.29, 1.82) is 0 Å². The Morgan fingerprint density at radius 3 is 0.979 bits per heavy atom. The molecule has 0 aliphatic carbocycles. The number of rotatable bonds is 35. The molecule has 3 aliphatic heterocycles. The first-order valence-corrected chi connectivity index (χ1v) is 32.4. The fourth-order valence-electron chi connectivity index (χ4n) is 11.8. The van der Waals surface area contributed by atoms with E-state index in [-0.39, 0.29) is 72.7 Å². The van der Waals surface area contributed by atoms with E-state index < -0.39 is 98.7 Å². The summed E-state index contributed by atoms with van der Waals surface area (Å²) in [4.78, 5) is 0. The van der Waals surface area contributed by atoms with E-state index >= 15 is 0 Å². The quantitative estimate of drug-likeness (QED) is 0.0358. The summed E-state index contributed by atoms with van der Waals surface area (Å²) in [6.07, 6.45) is -15.1. The van der Waals surface area contributed by atoms with E-state index in [1.54, 1.807) is 13.2 Å². The molecule has 0 unspecified atom stereocenters. The van der Waals surface area contributed by atoms with Crippen LogP contribution in [0.4, 0.5) is 0 Å². The zero-order valence-electron chi connectivity index (χ0n) is 53.5. The number of hydrogen-bond acceptors (Lipinski definition) is 17. The molecule has 0 aromatic heterocycles. The summed E-state index contributed by atoms with van der Waals surface area (Å²) in [6, 6.07) is 76.2. The number of benzene rings is 8. The predicted octanol–water partition coefficient (Wildman–Crippen LogP) is 11.4. The van der Waals surface area contributed by atoms with Crippen molar-refractivity contribution in [3.63, 3.8) is 0 Å². The van der Waals surface area contributed by atoms with Gasteiger partial charge in [-0.2, -0.15) is 0 Å². The molecule has 3 fully saturated rings. The number of aliphatic hydroxyl groups is 2. The van der Waals surface area contributed by atoms with Crippen molar-refractivity contribution in [2.75, 3.05) is 33.5 Å². The van der Waals surface area contributed by atoms with E-state index in [0.717, 1.165) is 44.5 Å². The van der Waals surface area contributed by atoms with Crippen molar-refractivity contribution in [3.8, 4) is 5.75 Å². The third-order valence-electron chi connectivity index (χ3n) is 16.8. The van der Waals surface area contributed by atoms with Gasteiger partial charge in [-0.1, -0.05) is 231 Å². The van der Waals surface area contributed by atoms with Crippen LogP contribution in [0, 0.1) is 0 Å². The maximum atomic E-state index is 12.2. The Morgan fingerprint density at radius 1 is 0.337 bits per heavy atom. The Labute approximate surface area is 556 Å². The van der Waals surface area contributed by atoms with Gasteiger partial charge in [0.15, 0.2) is 18.9 Å². The van der Waals surface area contributed by atoms with E-state index in [1.807, 2.05) is 237 Å². The maximum absolute atomic E-state index is 12.2. The standard InChI is InChI=1S/C78H86O17/c1-3-43-84-76-74(89-50-60-35-21-9-22-36-60)71(86-48-58-31-17-7-18-32-58)68(65(92-76)53-82-45-55-25-11-4-12-26-55)95-78-75(90-51-61-37-23-10-24-38-61)72(87-49-59-33-19-8-20-34-59)69(66(93-78)54-83-46-56-27-13-5-14-28-56)94-77-73(88-52-62-39-41-63(81-2)42-40-62)70(67(80)64(44-79)91-77)85-47-57-29-15-6-16-30-57/h3-42,64-80H,1,43-54H2,2H3/t64-,65-,66-,67-,68-,69-,70+,71+,72+,73+,74+,75+,76+,77+,78+/m1/s1. The lowest BCUT2D eigenvalue weighted by atomic mass is 9.95. The highest BCUT2D eigenvalue weighted by Crippen LogP contribution is 2.39. The molecule has 0 amide bonds. The van der Waals surface area contributed by atoms with Gasteiger partial charge >= 0.3 is 0 Å². The second kappa shape index (κ2) is 36.7. The SMILES string of the molecule is C=CCO[C@H]1O[C@H](COCc2ccccc2)[C@@H](O[C@@H]2O[C@H](COCc3ccccc3)[C@@H](O[C@@H]3O[C@H](CO)[C@@H](O)[C@H](OCc4ccccc4)[C@@H]3OCc3ccc(OC)cc3)[C@H](OCc3ccccc3)[C@@H]2OCc2ccccc2)[C@H](OCc2ccccc2)[C@@H]1OCc1ccccc1. The van der Waals surface area contributed by atoms with Crippen LogP contribution >= 0.6 is 0 Å². The molecular weight excluding hydrogens is 1210 g/mol. The molecule has 17 heteroatoms. The molecule has 95 heavy (non-hydrogen) atoms. The Balaban J connectivity index is 1.02. The zero-order chi connectivity index (χ0) is 65.2.